The lowest BCUT2D eigenvalue weighted by atomic mass is 10.0. The molecule has 0 aliphatic carbocycles. The van der Waals surface area contributed by atoms with Crippen LogP contribution in [0.2, 0.25) is 0 Å². The predicted molar refractivity (Wildman–Crippen MR) is 243 cm³/mol. The topological polar surface area (TPSA) is 78.9 Å². The van der Waals surface area contributed by atoms with Crippen molar-refractivity contribution in [2.75, 3.05) is 13.2 Å². The van der Waals surface area contributed by atoms with Gasteiger partial charge in [-0.25, -0.2) is 0 Å². The maximum atomic E-state index is 12.6. The van der Waals surface area contributed by atoms with Crippen molar-refractivity contribution in [2.45, 2.75) is 291 Å². The molecule has 0 aromatic rings. The van der Waals surface area contributed by atoms with Gasteiger partial charge < -0.3 is 14.2 Å². The summed E-state index contributed by atoms with van der Waals surface area (Å²) >= 11 is 0. The first-order valence-electron chi connectivity index (χ1n) is 25.4. The zero-order chi connectivity index (χ0) is 41.7. The van der Waals surface area contributed by atoms with Crippen LogP contribution >= 0.6 is 0 Å². The van der Waals surface area contributed by atoms with Crippen molar-refractivity contribution in [2.24, 2.45) is 5.92 Å². The Kier molecular flexibility index (Phi) is 44.2. The Morgan fingerprint density at radius 1 is 0.333 bits per heavy atom. The molecule has 0 unspecified atom stereocenters. The molecule has 0 amide bonds. The predicted octanol–water partition coefficient (Wildman–Crippen LogP) is 16.3. The van der Waals surface area contributed by atoms with E-state index in [2.05, 4.69) is 27.7 Å². The molecule has 0 spiro atoms. The lowest BCUT2D eigenvalue weighted by molar-refractivity contribution is -0.167. The highest BCUT2D eigenvalue weighted by molar-refractivity contribution is 5.71. The smallest absolute Gasteiger partial charge is 0.306 e. The van der Waals surface area contributed by atoms with Crippen LogP contribution < -0.4 is 0 Å². The van der Waals surface area contributed by atoms with Crippen LogP contribution in [0.1, 0.15) is 285 Å². The van der Waals surface area contributed by atoms with Crippen molar-refractivity contribution >= 4 is 17.9 Å². The minimum Gasteiger partial charge on any atom is -0.462 e. The Hall–Kier alpha value is -1.59. The van der Waals surface area contributed by atoms with E-state index in [-0.39, 0.29) is 31.1 Å². The maximum Gasteiger partial charge on any atom is 0.306 e. The average Bonchev–Trinajstić information content (AvgIpc) is 3.19. The van der Waals surface area contributed by atoms with E-state index in [4.69, 9.17) is 14.2 Å². The second kappa shape index (κ2) is 45.5. The number of esters is 3. The maximum absolute atomic E-state index is 12.6. The minimum atomic E-state index is -0.758. The van der Waals surface area contributed by atoms with Crippen LogP contribution in [0.15, 0.2) is 0 Å². The van der Waals surface area contributed by atoms with Crippen LogP contribution in [-0.2, 0) is 28.6 Å². The molecule has 338 valence electrons. The minimum absolute atomic E-state index is 0.0644. The van der Waals surface area contributed by atoms with E-state index in [1.165, 1.54) is 173 Å². The third-order valence-electron chi connectivity index (χ3n) is 11.5. The SMILES string of the molecule is CCCCCCCCCCCCCCCC(=O)OC[C@@H](COC(=O)CCCCCCCCCCCCCCCCCCCCC(C)C)OC(=O)CCCCCCC. The van der Waals surface area contributed by atoms with Crippen LogP contribution in [0, 0.1) is 5.92 Å². The van der Waals surface area contributed by atoms with Crippen LogP contribution in [0.5, 0.6) is 0 Å². The molecule has 0 radical (unpaired) electrons. The zero-order valence-electron chi connectivity index (χ0n) is 38.8. The number of ether oxygens (including phenoxy) is 3. The van der Waals surface area contributed by atoms with Gasteiger partial charge in [-0.1, -0.05) is 246 Å². The van der Waals surface area contributed by atoms with E-state index in [1.807, 2.05) is 0 Å². The number of hydrogen-bond acceptors (Lipinski definition) is 6. The molecule has 0 aromatic carbocycles. The molecular weight excluding hydrogens is 709 g/mol. The molecule has 0 N–H and O–H groups in total. The molecule has 0 bridgehead atoms. The van der Waals surface area contributed by atoms with Crippen molar-refractivity contribution in [1.82, 2.24) is 0 Å². The van der Waals surface area contributed by atoms with Gasteiger partial charge in [-0.05, 0) is 25.2 Å². The quantitative estimate of drug-likeness (QED) is 0.0346. The first kappa shape index (κ1) is 55.4. The van der Waals surface area contributed by atoms with Gasteiger partial charge in [0, 0.05) is 19.3 Å². The molecule has 0 saturated heterocycles. The summed E-state index contributed by atoms with van der Waals surface area (Å²) in [5.74, 6) is -0.00265. The van der Waals surface area contributed by atoms with Crippen molar-refractivity contribution in [1.29, 1.82) is 0 Å². The van der Waals surface area contributed by atoms with E-state index >= 15 is 0 Å². The second-order valence-corrected chi connectivity index (χ2v) is 17.9. The third kappa shape index (κ3) is 45.3. The summed E-state index contributed by atoms with van der Waals surface area (Å²) < 4.78 is 16.7. The van der Waals surface area contributed by atoms with Gasteiger partial charge in [0.05, 0.1) is 0 Å². The second-order valence-electron chi connectivity index (χ2n) is 17.9. The number of unbranched alkanes of at least 4 members (excludes halogenated alkanes) is 33. The number of carbonyl (C=O) groups excluding carboxylic acids is 3. The van der Waals surface area contributed by atoms with Crippen molar-refractivity contribution < 1.29 is 28.6 Å². The van der Waals surface area contributed by atoms with Gasteiger partial charge in [0.1, 0.15) is 13.2 Å². The van der Waals surface area contributed by atoms with Crippen molar-refractivity contribution in [3.8, 4) is 0 Å². The van der Waals surface area contributed by atoms with Crippen LogP contribution in [0.4, 0.5) is 0 Å². The molecule has 1 atom stereocenters. The zero-order valence-corrected chi connectivity index (χ0v) is 38.8. The summed E-state index contributed by atoms with van der Waals surface area (Å²) in [7, 11) is 0. The molecule has 0 fully saturated rings. The fourth-order valence-electron chi connectivity index (χ4n) is 7.69. The Morgan fingerprint density at radius 3 is 0.860 bits per heavy atom. The summed E-state index contributed by atoms with van der Waals surface area (Å²) in [6.07, 6.45) is 47.0. The molecule has 0 aliphatic heterocycles. The summed E-state index contributed by atoms with van der Waals surface area (Å²) in [5.41, 5.74) is 0. The molecule has 6 heteroatoms. The number of carbonyl (C=O) groups is 3. The van der Waals surface area contributed by atoms with Gasteiger partial charge in [0.15, 0.2) is 6.10 Å². The Bertz CT molecular complexity index is 857. The van der Waals surface area contributed by atoms with Gasteiger partial charge in [-0.2, -0.15) is 0 Å². The van der Waals surface area contributed by atoms with E-state index in [9.17, 15) is 14.4 Å². The van der Waals surface area contributed by atoms with Crippen molar-refractivity contribution in [3.63, 3.8) is 0 Å². The fourth-order valence-corrected chi connectivity index (χ4v) is 7.69. The standard InChI is InChI=1S/C51H98O6/c1-5-7-9-11-12-13-14-21-25-28-31-35-38-42-49(52)55-45-48(57-51(54)44-40-33-10-8-6-2)46-56-50(53)43-39-36-32-29-26-23-20-18-16-15-17-19-22-24-27-30-34-37-41-47(3)4/h47-48H,5-46H2,1-4H3/t48-/m0/s1. The highest BCUT2D eigenvalue weighted by Crippen LogP contribution is 2.17. The van der Waals surface area contributed by atoms with E-state index < -0.39 is 6.10 Å². The largest absolute Gasteiger partial charge is 0.462 e. The van der Waals surface area contributed by atoms with Crippen LogP contribution in [-0.4, -0.2) is 37.2 Å². The molecule has 57 heavy (non-hydrogen) atoms. The highest BCUT2D eigenvalue weighted by atomic mass is 16.6. The van der Waals surface area contributed by atoms with E-state index in [1.54, 1.807) is 0 Å². The Labute approximate surface area is 355 Å². The lowest BCUT2D eigenvalue weighted by Gasteiger charge is -2.18. The fraction of sp³-hybridized carbons (Fsp3) is 0.941. The van der Waals surface area contributed by atoms with Gasteiger partial charge in [0.2, 0.25) is 0 Å². The van der Waals surface area contributed by atoms with Gasteiger partial charge in [-0.15, -0.1) is 0 Å². The molecule has 0 aromatic heterocycles. The lowest BCUT2D eigenvalue weighted by Crippen LogP contribution is -2.30. The Morgan fingerprint density at radius 2 is 0.579 bits per heavy atom. The Balaban J connectivity index is 4.02. The van der Waals surface area contributed by atoms with Gasteiger partial charge in [-0.3, -0.25) is 14.4 Å². The highest BCUT2D eigenvalue weighted by Gasteiger charge is 2.19. The molecule has 0 heterocycles. The van der Waals surface area contributed by atoms with Crippen LogP contribution in [0.25, 0.3) is 0 Å². The van der Waals surface area contributed by atoms with Crippen LogP contribution in [0.3, 0.4) is 0 Å². The summed E-state index contributed by atoms with van der Waals surface area (Å²) in [6, 6.07) is 0. The van der Waals surface area contributed by atoms with E-state index in [0.29, 0.717) is 19.3 Å². The van der Waals surface area contributed by atoms with E-state index in [0.717, 1.165) is 70.1 Å². The third-order valence-corrected chi connectivity index (χ3v) is 11.5. The molecule has 6 nitrogen and oxygen atoms in total. The number of rotatable bonds is 46. The summed E-state index contributed by atoms with van der Waals surface area (Å²) in [5, 5.41) is 0. The first-order chi connectivity index (χ1) is 27.9. The summed E-state index contributed by atoms with van der Waals surface area (Å²) in [4.78, 5) is 37.6. The molecule has 0 rings (SSSR count). The normalized spacial score (nSPS) is 11.9. The monoisotopic (exact) mass is 807 g/mol. The van der Waals surface area contributed by atoms with Gasteiger partial charge >= 0.3 is 17.9 Å². The molecule has 0 aliphatic rings. The summed E-state index contributed by atoms with van der Waals surface area (Å²) in [6.45, 7) is 8.96. The molecular formula is C51H98O6. The number of hydrogen-bond donors (Lipinski definition) is 0. The average molecular weight is 807 g/mol. The molecule has 0 saturated carbocycles. The van der Waals surface area contributed by atoms with Gasteiger partial charge in [0.25, 0.3) is 0 Å². The van der Waals surface area contributed by atoms with Crippen molar-refractivity contribution in [3.05, 3.63) is 0 Å². The first-order valence-corrected chi connectivity index (χ1v) is 25.4.